The van der Waals surface area contributed by atoms with Crippen LogP contribution in [0.5, 0.6) is 5.75 Å². The zero-order valence-corrected chi connectivity index (χ0v) is 10.7. The summed E-state index contributed by atoms with van der Waals surface area (Å²) in [6.45, 7) is 0. The number of aromatic amines is 2. The lowest BCUT2D eigenvalue weighted by Crippen LogP contribution is -2.27. The van der Waals surface area contributed by atoms with Gasteiger partial charge in [-0.1, -0.05) is 18.2 Å². The minimum absolute atomic E-state index is 0.217. The molecule has 0 aliphatic carbocycles. The summed E-state index contributed by atoms with van der Waals surface area (Å²) in [5, 5.41) is 4.67. The number of nitrogens with one attached hydrogen (secondary N) is 2. The van der Waals surface area contributed by atoms with E-state index in [2.05, 4.69) is 14.9 Å². The molecule has 8 heteroatoms. The second-order valence-corrected chi connectivity index (χ2v) is 4.27. The average molecular weight is 300 g/mol. The molecule has 2 N–H and O–H groups in total. The van der Waals surface area contributed by atoms with Gasteiger partial charge in [0, 0.05) is 11.8 Å². The molecule has 0 fully saturated rings. The fraction of sp³-hybridized carbons (Fsp3) is 0.231. The van der Waals surface area contributed by atoms with Crippen LogP contribution in [0.4, 0.5) is 13.2 Å². The van der Waals surface area contributed by atoms with E-state index >= 15 is 0 Å². The van der Waals surface area contributed by atoms with Gasteiger partial charge < -0.3 is 9.84 Å². The monoisotopic (exact) mass is 300 g/mol. The number of hydrogen-bond acceptors (Lipinski definition) is 3. The summed E-state index contributed by atoms with van der Waals surface area (Å²) in [4.78, 5) is 22.1. The van der Waals surface area contributed by atoms with Gasteiger partial charge in [-0.3, -0.25) is 14.7 Å². The minimum atomic E-state index is -4.76. The number of aryl methyl sites for hydroxylation is 2. The van der Waals surface area contributed by atoms with E-state index in [1.165, 1.54) is 18.2 Å². The molecule has 0 saturated carbocycles. The lowest BCUT2D eigenvalue weighted by atomic mass is 10.1. The van der Waals surface area contributed by atoms with Crippen molar-refractivity contribution in [1.29, 1.82) is 0 Å². The summed E-state index contributed by atoms with van der Waals surface area (Å²) in [6, 6.07) is 6.87. The first-order valence-electron chi connectivity index (χ1n) is 6.00. The van der Waals surface area contributed by atoms with E-state index in [4.69, 9.17) is 0 Å². The number of aromatic nitrogens is 2. The van der Waals surface area contributed by atoms with Gasteiger partial charge in [-0.2, -0.15) is 0 Å². The number of para-hydroxylation sites is 1. The van der Waals surface area contributed by atoms with E-state index in [0.29, 0.717) is 11.3 Å². The molecule has 2 rings (SSSR count). The van der Waals surface area contributed by atoms with Crippen LogP contribution >= 0.6 is 0 Å². The summed E-state index contributed by atoms with van der Waals surface area (Å²) in [7, 11) is 0. The molecule has 0 amide bonds. The van der Waals surface area contributed by atoms with Crippen molar-refractivity contribution in [1.82, 2.24) is 10.2 Å². The van der Waals surface area contributed by atoms with Crippen molar-refractivity contribution in [3.8, 4) is 5.75 Å². The van der Waals surface area contributed by atoms with Gasteiger partial charge in [-0.25, -0.2) is 0 Å². The van der Waals surface area contributed by atoms with E-state index in [1.807, 2.05) is 0 Å². The molecular formula is C13H11F3N2O3. The van der Waals surface area contributed by atoms with Crippen molar-refractivity contribution >= 4 is 0 Å². The summed E-state index contributed by atoms with van der Waals surface area (Å²) < 4.78 is 40.8. The molecule has 2 aromatic rings. The Kier molecular flexibility index (Phi) is 4.15. The van der Waals surface area contributed by atoms with Gasteiger partial charge in [-0.05, 0) is 24.5 Å². The SMILES string of the molecule is O=c1cc(CCc2ccccc2OC(F)(F)F)[nH][nH]c1=O. The highest BCUT2D eigenvalue weighted by molar-refractivity contribution is 5.34. The van der Waals surface area contributed by atoms with Crippen molar-refractivity contribution in [3.63, 3.8) is 0 Å². The third kappa shape index (κ3) is 4.23. The molecule has 21 heavy (non-hydrogen) atoms. The summed E-state index contributed by atoms with van der Waals surface area (Å²) in [6.07, 6.45) is -4.29. The Morgan fingerprint density at radius 3 is 2.43 bits per heavy atom. The first-order chi connectivity index (χ1) is 9.85. The summed E-state index contributed by atoms with van der Waals surface area (Å²) >= 11 is 0. The fourth-order valence-electron chi connectivity index (χ4n) is 1.80. The fourth-order valence-corrected chi connectivity index (χ4v) is 1.80. The smallest absolute Gasteiger partial charge is 0.406 e. The summed E-state index contributed by atoms with van der Waals surface area (Å²) in [5.74, 6) is -0.281. The van der Waals surface area contributed by atoms with Crippen LogP contribution in [0.2, 0.25) is 0 Å². The lowest BCUT2D eigenvalue weighted by molar-refractivity contribution is -0.274. The normalized spacial score (nSPS) is 11.4. The molecule has 112 valence electrons. The number of benzene rings is 1. The average Bonchev–Trinajstić information content (AvgIpc) is 2.40. The van der Waals surface area contributed by atoms with Crippen LogP contribution in [0.15, 0.2) is 39.9 Å². The van der Waals surface area contributed by atoms with Crippen LogP contribution in [0.3, 0.4) is 0 Å². The Balaban J connectivity index is 2.14. The summed E-state index contributed by atoms with van der Waals surface area (Å²) in [5.41, 5.74) is -0.716. The Morgan fingerprint density at radius 2 is 1.76 bits per heavy atom. The number of rotatable bonds is 4. The number of hydrogen-bond donors (Lipinski definition) is 2. The van der Waals surface area contributed by atoms with Gasteiger partial charge in [0.05, 0.1) is 0 Å². The van der Waals surface area contributed by atoms with E-state index in [9.17, 15) is 22.8 Å². The molecule has 0 bridgehead atoms. The van der Waals surface area contributed by atoms with Crippen molar-refractivity contribution in [2.75, 3.05) is 0 Å². The highest BCUT2D eigenvalue weighted by atomic mass is 19.4. The van der Waals surface area contributed by atoms with Gasteiger partial charge in [0.25, 0.3) is 0 Å². The molecule has 1 aromatic heterocycles. The Morgan fingerprint density at radius 1 is 1.05 bits per heavy atom. The number of alkyl halides is 3. The molecule has 0 aliphatic heterocycles. The predicted octanol–water partition coefficient (Wildman–Crippen LogP) is 1.75. The van der Waals surface area contributed by atoms with Crippen LogP contribution in [0.1, 0.15) is 11.3 Å². The highest BCUT2D eigenvalue weighted by Crippen LogP contribution is 2.26. The van der Waals surface area contributed by atoms with Crippen molar-refractivity contribution < 1.29 is 17.9 Å². The molecule has 1 heterocycles. The molecule has 0 aliphatic rings. The molecule has 1 aromatic carbocycles. The van der Waals surface area contributed by atoms with Crippen LogP contribution in [0, 0.1) is 0 Å². The van der Waals surface area contributed by atoms with Crippen molar-refractivity contribution in [2.24, 2.45) is 0 Å². The molecular weight excluding hydrogens is 289 g/mol. The van der Waals surface area contributed by atoms with Gasteiger partial charge >= 0.3 is 11.9 Å². The zero-order valence-electron chi connectivity index (χ0n) is 10.7. The molecule has 0 radical (unpaired) electrons. The number of H-pyrrole nitrogens is 2. The topological polar surface area (TPSA) is 75.0 Å². The quantitative estimate of drug-likeness (QED) is 0.845. The van der Waals surface area contributed by atoms with Gasteiger partial charge in [0.2, 0.25) is 5.43 Å². The minimum Gasteiger partial charge on any atom is -0.406 e. The standard InChI is InChI=1S/C13H11F3N2O3/c14-13(15,16)21-11-4-2-1-3-8(11)5-6-9-7-10(19)12(20)18-17-9/h1-4,7H,5-6H2,(H,17,19)(H,18,20). The predicted molar refractivity (Wildman–Crippen MR) is 68.2 cm³/mol. The molecule has 0 atom stereocenters. The van der Waals surface area contributed by atoms with Crippen LogP contribution < -0.4 is 15.7 Å². The van der Waals surface area contributed by atoms with Crippen LogP contribution in [-0.4, -0.2) is 16.6 Å². The van der Waals surface area contributed by atoms with E-state index in [1.54, 1.807) is 6.07 Å². The lowest BCUT2D eigenvalue weighted by Gasteiger charge is -2.12. The highest BCUT2D eigenvalue weighted by Gasteiger charge is 2.31. The Bertz CT molecular complexity index is 734. The largest absolute Gasteiger partial charge is 0.573 e. The maximum Gasteiger partial charge on any atom is 0.573 e. The molecule has 0 saturated heterocycles. The molecule has 5 nitrogen and oxygen atoms in total. The maximum atomic E-state index is 12.3. The van der Waals surface area contributed by atoms with Crippen molar-refractivity contribution in [3.05, 3.63) is 62.2 Å². The zero-order chi connectivity index (χ0) is 15.5. The van der Waals surface area contributed by atoms with E-state index in [0.717, 1.165) is 6.07 Å². The van der Waals surface area contributed by atoms with Gasteiger partial charge in [-0.15, -0.1) is 13.2 Å². The van der Waals surface area contributed by atoms with Crippen molar-refractivity contribution in [2.45, 2.75) is 19.2 Å². The maximum absolute atomic E-state index is 12.3. The molecule has 0 spiro atoms. The third-order valence-electron chi connectivity index (χ3n) is 2.73. The van der Waals surface area contributed by atoms with Crippen LogP contribution in [-0.2, 0) is 12.8 Å². The second-order valence-electron chi connectivity index (χ2n) is 4.27. The number of ether oxygens (including phenoxy) is 1. The second kappa shape index (κ2) is 5.86. The van der Waals surface area contributed by atoms with Gasteiger partial charge in [0.1, 0.15) is 5.75 Å². The number of halogens is 3. The van der Waals surface area contributed by atoms with Crippen LogP contribution in [0.25, 0.3) is 0 Å². The van der Waals surface area contributed by atoms with E-state index < -0.39 is 17.4 Å². The third-order valence-corrected chi connectivity index (χ3v) is 2.73. The Labute approximate surface area is 116 Å². The Hall–Kier alpha value is -2.51. The van der Waals surface area contributed by atoms with E-state index in [-0.39, 0.29) is 18.6 Å². The molecule has 0 unspecified atom stereocenters. The first-order valence-corrected chi connectivity index (χ1v) is 6.00. The van der Waals surface area contributed by atoms with Gasteiger partial charge in [0.15, 0.2) is 0 Å². The first kappa shape index (κ1) is 14.9.